The lowest BCUT2D eigenvalue weighted by Gasteiger charge is -1.84. The minimum Gasteiger partial charge on any atom is -0.389 e. The number of nitrogens with zero attached hydrogens (tertiary/aromatic N) is 1. The first-order chi connectivity index (χ1) is 5.75. The first kappa shape index (κ1) is 8.22. The van der Waals surface area contributed by atoms with Gasteiger partial charge in [-0.15, -0.1) is 11.3 Å². The maximum absolute atomic E-state index is 5.57. The van der Waals surface area contributed by atoms with Crippen molar-refractivity contribution in [1.82, 2.24) is 4.98 Å². The van der Waals surface area contributed by atoms with E-state index in [0.717, 1.165) is 19.4 Å². The Morgan fingerprint density at radius 2 is 2.33 bits per heavy atom. The molecule has 0 unspecified atom stereocenters. The van der Waals surface area contributed by atoms with Crippen LogP contribution in [-0.4, -0.2) is 4.98 Å². The molecule has 62 valence electrons. The van der Waals surface area contributed by atoms with Gasteiger partial charge in [-0.3, -0.25) is 0 Å². The Labute approximate surface area is 86.2 Å². The monoisotopic (exact) mass is 260 g/mol. The van der Waals surface area contributed by atoms with Crippen LogP contribution >= 0.6 is 38.6 Å². The van der Waals surface area contributed by atoms with Gasteiger partial charge in [0.05, 0.1) is 11.1 Å². The van der Waals surface area contributed by atoms with Crippen LogP contribution in [0, 0.1) is 0 Å². The van der Waals surface area contributed by atoms with Crippen molar-refractivity contribution in [2.24, 2.45) is 0 Å². The Hall–Kier alpha value is -0.390. The second-order valence-electron chi connectivity index (χ2n) is 2.20. The predicted octanol–water partition coefficient (Wildman–Crippen LogP) is 3.22. The molecular formula is C7H5BrN2S2. The fourth-order valence-electron chi connectivity index (χ4n) is 0.826. The molecule has 0 aliphatic carbocycles. The highest BCUT2D eigenvalue weighted by molar-refractivity contribution is 9.10. The van der Waals surface area contributed by atoms with E-state index in [0.29, 0.717) is 0 Å². The summed E-state index contributed by atoms with van der Waals surface area (Å²) in [5, 5.41) is 3.78. The number of aromatic nitrogens is 1. The molecule has 0 radical (unpaired) electrons. The highest BCUT2D eigenvalue weighted by Crippen LogP contribution is 2.33. The van der Waals surface area contributed by atoms with E-state index in [9.17, 15) is 0 Å². The first-order valence-corrected chi connectivity index (χ1v) is 5.70. The zero-order valence-electron chi connectivity index (χ0n) is 5.95. The molecule has 0 amide bonds. The average molecular weight is 261 g/mol. The molecule has 0 bridgehead atoms. The highest BCUT2D eigenvalue weighted by atomic mass is 79.9. The molecule has 0 spiro atoms. The van der Waals surface area contributed by atoms with Crippen molar-refractivity contribution in [3.63, 3.8) is 0 Å². The van der Waals surface area contributed by atoms with E-state index in [4.69, 9.17) is 5.73 Å². The van der Waals surface area contributed by atoms with Crippen molar-refractivity contribution in [1.29, 1.82) is 0 Å². The Balaban J connectivity index is 2.43. The number of nitrogens with two attached hydrogens (primary N) is 1. The third-order valence-electron chi connectivity index (χ3n) is 1.30. The van der Waals surface area contributed by atoms with E-state index in [1.165, 1.54) is 11.3 Å². The number of hydrogen-bond donors (Lipinski definition) is 1. The smallest absolute Gasteiger partial charge is 0.135 e. The van der Waals surface area contributed by atoms with Gasteiger partial charge in [0, 0.05) is 9.85 Å². The lowest BCUT2D eigenvalue weighted by atomic mass is 10.5. The summed E-state index contributed by atoms with van der Waals surface area (Å²) in [4.78, 5) is 5.34. The Bertz CT molecular complexity index is 355. The van der Waals surface area contributed by atoms with Crippen LogP contribution in [0.15, 0.2) is 22.1 Å². The van der Waals surface area contributed by atoms with Gasteiger partial charge >= 0.3 is 0 Å². The fraction of sp³-hybridized carbons (Fsp3) is 0. The molecule has 2 rings (SSSR count). The van der Waals surface area contributed by atoms with Gasteiger partial charge in [0.15, 0.2) is 0 Å². The number of anilines is 1. The van der Waals surface area contributed by atoms with Gasteiger partial charge in [-0.1, -0.05) is 11.3 Å². The summed E-state index contributed by atoms with van der Waals surface area (Å²) >= 11 is 6.56. The molecule has 0 saturated carbocycles. The van der Waals surface area contributed by atoms with Crippen LogP contribution in [0.4, 0.5) is 5.00 Å². The number of rotatable bonds is 1. The number of hydrogen-bond acceptors (Lipinski definition) is 4. The quantitative estimate of drug-likeness (QED) is 0.856. The van der Waals surface area contributed by atoms with Crippen LogP contribution in [0.3, 0.4) is 0 Å². The summed E-state index contributed by atoms with van der Waals surface area (Å²) in [5.41, 5.74) is 5.57. The SMILES string of the molecule is Nc1cnc(-c2cc(Br)cs2)s1. The van der Waals surface area contributed by atoms with Crippen molar-refractivity contribution in [3.05, 3.63) is 22.1 Å². The molecule has 0 saturated heterocycles. The van der Waals surface area contributed by atoms with Gasteiger partial charge in [-0.25, -0.2) is 4.98 Å². The Morgan fingerprint density at radius 1 is 1.50 bits per heavy atom. The van der Waals surface area contributed by atoms with Crippen LogP contribution in [0.2, 0.25) is 0 Å². The van der Waals surface area contributed by atoms with Gasteiger partial charge < -0.3 is 5.73 Å². The molecule has 0 atom stereocenters. The average Bonchev–Trinajstić information content (AvgIpc) is 2.58. The van der Waals surface area contributed by atoms with Gasteiger partial charge in [-0.2, -0.15) is 0 Å². The molecule has 2 aromatic rings. The van der Waals surface area contributed by atoms with Gasteiger partial charge in [0.1, 0.15) is 10.0 Å². The molecule has 0 aromatic carbocycles. The number of nitrogen functional groups attached to an aromatic ring is 1. The van der Waals surface area contributed by atoms with E-state index in [1.54, 1.807) is 17.5 Å². The van der Waals surface area contributed by atoms with Gasteiger partial charge in [-0.05, 0) is 22.0 Å². The fourth-order valence-corrected chi connectivity index (χ4v) is 3.01. The summed E-state index contributed by atoms with van der Waals surface area (Å²) < 4.78 is 1.09. The first-order valence-electron chi connectivity index (χ1n) is 3.21. The molecule has 2 aromatic heterocycles. The standard InChI is InChI=1S/C7H5BrN2S2/c8-4-1-5(11-3-4)7-10-2-6(9)12-7/h1-3H,9H2. The van der Waals surface area contributed by atoms with Crippen molar-refractivity contribution in [2.45, 2.75) is 0 Å². The van der Waals surface area contributed by atoms with E-state index in [-0.39, 0.29) is 0 Å². The third kappa shape index (κ3) is 1.53. The predicted molar refractivity (Wildman–Crippen MR) is 57.5 cm³/mol. The molecular weight excluding hydrogens is 256 g/mol. The van der Waals surface area contributed by atoms with E-state index in [1.807, 2.05) is 11.4 Å². The Kier molecular flexibility index (Phi) is 2.16. The number of halogens is 1. The van der Waals surface area contributed by atoms with Crippen LogP contribution in [0.1, 0.15) is 0 Å². The van der Waals surface area contributed by atoms with Gasteiger partial charge in [0.2, 0.25) is 0 Å². The largest absolute Gasteiger partial charge is 0.389 e. The maximum Gasteiger partial charge on any atom is 0.135 e. The lowest BCUT2D eigenvalue weighted by Crippen LogP contribution is -1.73. The van der Waals surface area contributed by atoms with Gasteiger partial charge in [0.25, 0.3) is 0 Å². The van der Waals surface area contributed by atoms with Crippen molar-refractivity contribution in [2.75, 3.05) is 5.73 Å². The highest BCUT2D eigenvalue weighted by Gasteiger charge is 2.04. The second kappa shape index (κ2) is 3.16. The normalized spacial score (nSPS) is 10.4. The molecule has 5 heteroatoms. The Morgan fingerprint density at radius 3 is 2.83 bits per heavy atom. The van der Waals surface area contributed by atoms with Crippen molar-refractivity contribution in [3.8, 4) is 9.88 Å². The van der Waals surface area contributed by atoms with E-state index < -0.39 is 0 Å². The summed E-state index contributed by atoms with van der Waals surface area (Å²) in [5.74, 6) is 0. The van der Waals surface area contributed by atoms with Crippen LogP contribution in [-0.2, 0) is 0 Å². The minimum atomic E-state index is 0.759. The van der Waals surface area contributed by atoms with Crippen molar-refractivity contribution >= 4 is 43.6 Å². The van der Waals surface area contributed by atoms with E-state index >= 15 is 0 Å². The molecule has 2 nitrogen and oxygen atoms in total. The summed E-state index contributed by atoms with van der Waals surface area (Å²) in [7, 11) is 0. The molecule has 2 N–H and O–H groups in total. The molecule has 0 fully saturated rings. The van der Waals surface area contributed by atoms with E-state index in [2.05, 4.69) is 20.9 Å². The molecule has 12 heavy (non-hydrogen) atoms. The summed E-state index contributed by atoms with van der Waals surface area (Å²) in [6.45, 7) is 0. The summed E-state index contributed by atoms with van der Waals surface area (Å²) in [6, 6.07) is 2.04. The van der Waals surface area contributed by atoms with Crippen LogP contribution < -0.4 is 5.73 Å². The van der Waals surface area contributed by atoms with Crippen molar-refractivity contribution < 1.29 is 0 Å². The molecule has 2 heterocycles. The van der Waals surface area contributed by atoms with Crippen LogP contribution in [0.5, 0.6) is 0 Å². The minimum absolute atomic E-state index is 0.759. The lowest BCUT2D eigenvalue weighted by molar-refractivity contribution is 1.43. The zero-order chi connectivity index (χ0) is 8.55. The molecule has 0 aliphatic heterocycles. The number of thiazole rings is 1. The zero-order valence-corrected chi connectivity index (χ0v) is 9.17. The molecule has 0 aliphatic rings. The maximum atomic E-state index is 5.57. The third-order valence-corrected chi connectivity index (χ3v) is 3.99. The summed E-state index contributed by atoms with van der Waals surface area (Å²) in [6.07, 6.45) is 1.69. The van der Waals surface area contributed by atoms with Crippen LogP contribution in [0.25, 0.3) is 9.88 Å². The topological polar surface area (TPSA) is 38.9 Å². The second-order valence-corrected chi connectivity index (χ2v) is 5.09. The number of thiophene rings is 1.